The van der Waals surface area contributed by atoms with Gasteiger partial charge in [0, 0.05) is 14.1 Å². The SMILES string of the molecule is CC1=NN(C)COC/C1=C\C1C(=O)N(C)N=C1C. The summed E-state index contributed by atoms with van der Waals surface area (Å²) in [5.41, 5.74) is 2.63. The molecule has 2 aliphatic heterocycles. The van der Waals surface area contributed by atoms with Gasteiger partial charge in [-0.1, -0.05) is 6.08 Å². The van der Waals surface area contributed by atoms with Crippen LogP contribution in [0.3, 0.4) is 0 Å². The van der Waals surface area contributed by atoms with Crippen molar-refractivity contribution in [3.8, 4) is 0 Å². The summed E-state index contributed by atoms with van der Waals surface area (Å²) < 4.78 is 5.48. The van der Waals surface area contributed by atoms with E-state index in [0.717, 1.165) is 17.0 Å². The summed E-state index contributed by atoms with van der Waals surface area (Å²) in [6, 6.07) is 0. The van der Waals surface area contributed by atoms with Crippen molar-refractivity contribution in [3.63, 3.8) is 0 Å². The molecule has 2 heterocycles. The molecule has 0 aromatic rings. The number of ether oxygens (including phenoxy) is 1. The molecule has 0 bridgehead atoms. The van der Waals surface area contributed by atoms with E-state index >= 15 is 0 Å². The lowest BCUT2D eigenvalue weighted by Crippen LogP contribution is -2.23. The van der Waals surface area contributed by atoms with E-state index in [9.17, 15) is 4.79 Å². The molecule has 2 aliphatic rings. The lowest BCUT2D eigenvalue weighted by atomic mass is 9.99. The molecule has 0 aliphatic carbocycles. The van der Waals surface area contributed by atoms with Crippen molar-refractivity contribution in [3.05, 3.63) is 11.6 Å². The number of hydrogen-bond donors (Lipinski definition) is 0. The summed E-state index contributed by atoms with van der Waals surface area (Å²) in [5, 5.41) is 11.6. The Morgan fingerprint density at radius 3 is 2.67 bits per heavy atom. The van der Waals surface area contributed by atoms with Crippen molar-refractivity contribution in [1.82, 2.24) is 10.0 Å². The van der Waals surface area contributed by atoms with E-state index in [1.54, 1.807) is 12.1 Å². The van der Waals surface area contributed by atoms with E-state index in [2.05, 4.69) is 10.2 Å². The van der Waals surface area contributed by atoms with E-state index in [-0.39, 0.29) is 11.8 Å². The zero-order valence-electron chi connectivity index (χ0n) is 11.2. The maximum Gasteiger partial charge on any atom is 0.255 e. The fraction of sp³-hybridized carbons (Fsp3) is 0.583. The van der Waals surface area contributed by atoms with Crippen LogP contribution in [0, 0.1) is 5.92 Å². The topological polar surface area (TPSA) is 57.5 Å². The van der Waals surface area contributed by atoms with Gasteiger partial charge in [0.2, 0.25) is 0 Å². The summed E-state index contributed by atoms with van der Waals surface area (Å²) in [6.45, 7) is 4.71. The van der Waals surface area contributed by atoms with Crippen LogP contribution in [0.2, 0.25) is 0 Å². The largest absolute Gasteiger partial charge is 0.355 e. The average molecular weight is 250 g/mol. The molecule has 0 saturated heterocycles. The van der Waals surface area contributed by atoms with Crippen LogP contribution in [-0.4, -0.2) is 54.8 Å². The Labute approximate surface area is 107 Å². The summed E-state index contributed by atoms with van der Waals surface area (Å²) in [6.07, 6.45) is 1.91. The summed E-state index contributed by atoms with van der Waals surface area (Å²) >= 11 is 0. The number of amides is 1. The van der Waals surface area contributed by atoms with Crippen LogP contribution in [0.5, 0.6) is 0 Å². The van der Waals surface area contributed by atoms with Gasteiger partial charge in [-0.15, -0.1) is 0 Å². The average Bonchev–Trinajstić information content (AvgIpc) is 2.46. The lowest BCUT2D eigenvalue weighted by Gasteiger charge is -2.08. The second-order valence-electron chi connectivity index (χ2n) is 4.59. The van der Waals surface area contributed by atoms with Crippen molar-refractivity contribution < 1.29 is 9.53 Å². The highest BCUT2D eigenvalue weighted by atomic mass is 16.5. The van der Waals surface area contributed by atoms with Gasteiger partial charge in [0.1, 0.15) is 6.73 Å². The van der Waals surface area contributed by atoms with Crippen LogP contribution in [0.15, 0.2) is 21.9 Å². The molecule has 0 spiro atoms. The van der Waals surface area contributed by atoms with E-state index < -0.39 is 0 Å². The molecule has 0 aromatic heterocycles. The highest BCUT2D eigenvalue weighted by Crippen LogP contribution is 2.18. The third kappa shape index (κ3) is 2.43. The van der Waals surface area contributed by atoms with Crippen LogP contribution in [0.25, 0.3) is 0 Å². The first-order valence-corrected chi connectivity index (χ1v) is 5.87. The fourth-order valence-electron chi connectivity index (χ4n) is 2.03. The molecular weight excluding hydrogens is 232 g/mol. The van der Waals surface area contributed by atoms with Crippen molar-refractivity contribution in [2.24, 2.45) is 16.1 Å². The molecule has 0 fully saturated rings. The summed E-state index contributed by atoms with van der Waals surface area (Å²) in [7, 11) is 3.52. The van der Waals surface area contributed by atoms with Gasteiger partial charge in [-0.3, -0.25) is 9.80 Å². The predicted molar refractivity (Wildman–Crippen MR) is 69.1 cm³/mol. The highest BCUT2D eigenvalue weighted by molar-refractivity contribution is 6.10. The Morgan fingerprint density at radius 1 is 1.33 bits per heavy atom. The number of rotatable bonds is 1. The van der Waals surface area contributed by atoms with Gasteiger partial charge in [0.15, 0.2) is 0 Å². The Bertz CT molecular complexity index is 453. The molecular formula is C12H18N4O2. The molecule has 2 rings (SSSR count). The van der Waals surface area contributed by atoms with E-state index in [4.69, 9.17) is 4.74 Å². The minimum absolute atomic E-state index is 0.00889. The van der Waals surface area contributed by atoms with Crippen LogP contribution >= 0.6 is 0 Å². The van der Waals surface area contributed by atoms with Gasteiger partial charge in [-0.2, -0.15) is 10.2 Å². The van der Waals surface area contributed by atoms with Crippen LogP contribution in [0.1, 0.15) is 13.8 Å². The molecule has 0 radical (unpaired) electrons. The number of carbonyl (C=O) groups is 1. The van der Waals surface area contributed by atoms with Crippen LogP contribution in [-0.2, 0) is 9.53 Å². The summed E-state index contributed by atoms with van der Waals surface area (Å²) in [4.78, 5) is 11.9. The second kappa shape index (κ2) is 4.89. The lowest BCUT2D eigenvalue weighted by molar-refractivity contribution is -0.129. The molecule has 6 nitrogen and oxygen atoms in total. The maximum absolute atomic E-state index is 11.9. The molecule has 98 valence electrons. The van der Waals surface area contributed by atoms with Crippen LogP contribution < -0.4 is 0 Å². The minimum Gasteiger partial charge on any atom is -0.355 e. The first-order valence-electron chi connectivity index (χ1n) is 5.87. The normalized spacial score (nSPS) is 27.4. The van der Waals surface area contributed by atoms with Crippen molar-refractivity contribution in [1.29, 1.82) is 0 Å². The number of hydrazone groups is 2. The second-order valence-corrected chi connectivity index (χ2v) is 4.59. The number of nitrogens with zero attached hydrogens (tertiary/aromatic N) is 4. The third-order valence-corrected chi connectivity index (χ3v) is 3.03. The van der Waals surface area contributed by atoms with Gasteiger partial charge in [-0.25, -0.2) is 5.01 Å². The van der Waals surface area contributed by atoms with Gasteiger partial charge >= 0.3 is 0 Å². The Hall–Kier alpha value is -1.69. The molecule has 0 saturated carbocycles. The third-order valence-electron chi connectivity index (χ3n) is 3.03. The first kappa shape index (κ1) is 12.8. The molecule has 0 aromatic carbocycles. The molecule has 18 heavy (non-hydrogen) atoms. The maximum atomic E-state index is 11.9. The quantitative estimate of drug-likeness (QED) is 0.687. The number of carbonyl (C=O) groups excluding carboxylic acids is 1. The van der Waals surface area contributed by atoms with Crippen molar-refractivity contribution in [2.75, 3.05) is 27.4 Å². The molecule has 1 atom stereocenters. The zero-order valence-corrected chi connectivity index (χ0v) is 11.2. The van der Waals surface area contributed by atoms with E-state index in [0.29, 0.717) is 13.3 Å². The molecule has 1 amide bonds. The standard InChI is InChI=1S/C12H18N4O2/c1-8-10(6-18-7-15(3)13-8)5-11-9(2)14-16(4)12(11)17/h5,11H,6-7H2,1-4H3/b10-5+. The van der Waals surface area contributed by atoms with Crippen molar-refractivity contribution >= 4 is 17.3 Å². The monoisotopic (exact) mass is 250 g/mol. The zero-order chi connectivity index (χ0) is 13.3. The first-order chi connectivity index (χ1) is 8.49. The Morgan fingerprint density at radius 2 is 2.06 bits per heavy atom. The van der Waals surface area contributed by atoms with Gasteiger partial charge in [0.05, 0.1) is 23.9 Å². The molecule has 6 heteroatoms. The highest BCUT2D eigenvalue weighted by Gasteiger charge is 2.30. The van der Waals surface area contributed by atoms with Gasteiger partial charge in [-0.05, 0) is 19.4 Å². The predicted octanol–water partition coefficient (Wildman–Crippen LogP) is 0.672. The van der Waals surface area contributed by atoms with Crippen molar-refractivity contribution in [2.45, 2.75) is 13.8 Å². The van der Waals surface area contributed by atoms with Gasteiger partial charge in [0.25, 0.3) is 5.91 Å². The van der Waals surface area contributed by atoms with E-state index in [1.807, 2.05) is 27.0 Å². The van der Waals surface area contributed by atoms with E-state index in [1.165, 1.54) is 5.01 Å². The van der Waals surface area contributed by atoms with Crippen LogP contribution in [0.4, 0.5) is 0 Å². The molecule has 0 N–H and O–H groups in total. The summed E-state index contributed by atoms with van der Waals surface area (Å²) in [5.74, 6) is -0.299. The Kier molecular flexibility index (Phi) is 3.47. The van der Waals surface area contributed by atoms with Gasteiger partial charge < -0.3 is 4.74 Å². The molecule has 1 unspecified atom stereocenters. The minimum atomic E-state index is -0.290. The number of hydrogen-bond acceptors (Lipinski definition) is 5. The Balaban J connectivity index is 2.25. The smallest absolute Gasteiger partial charge is 0.255 e. The fourth-order valence-corrected chi connectivity index (χ4v) is 2.03.